The van der Waals surface area contributed by atoms with Crippen LogP contribution < -0.4 is 5.32 Å². The minimum atomic E-state index is -0.473. The Balaban J connectivity index is 1.94. The maximum atomic E-state index is 12.3. The number of rotatable bonds is 9. The summed E-state index contributed by atoms with van der Waals surface area (Å²) in [6.45, 7) is 3.82. The molecule has 1 N–H and O–H groups in total. The predicted molar refractivity (Wildman–Crippen MR) is 109 cm³/mol. The molecule has 0 radical (unpaired) electrons. The van der Waals surface area contributed by atoms with E-state index in [4.69, 9.17) is 10.00 Å². The molecule has 0 saturated carbocycles. The van der Waals surface area contributed by atoms with Crippen molar-refractivity contribution in [1.82, 2.24) is 0 Å². The van der Waals surface area contributed by atoms with Gasteiger partial charge in [-0.05, 0) is 36.6 Å². The third kappa shape index (κ3) is 6.12. The Bertz CT molecular complexity index is 840. The molecule has 0 unspecified atom stereocenters. The van der Waals surface area contributed by atoms with Crippen LogP contribution in [0.5, 0.6) is 0 Å². The molecule has 0 spiro atoms. The maximum absolute atomic E-state index is 12.3. The lowest BCUT2D eigenvalue weighted by molar-refractivity contribution is -0.119. The average molecular weight is 403 g/mol. The lowest BCUT2D eigenvalue weighted by Gasteiger charge is -2.09. The first kappa shape index (κ1) is 21.0. The van der Waals surface area contributed by atoms with Crippen LogP contribution in [0.15, 0.2) is 35.2 Å². The summed E-state index contributed by atoms with van der Waals surface area (Å²) < 4.78 is 5.17. The predicted octanol–water partition coefficient (Wildman–Crippen LogP) is 4.67. The Hall–Kier alpha value is -2.30. The van der Waals surface area contributed by atoms with Gasteiger partial charge < -0.3 is 10.1 Å². The molecule has 7 heteroatoms. The van der Waals surface area contributed by atoms with Crippen LogP contribution in [-0.2, 0) is 22.4 Å². The zero-order valence-corrected chi connectivity index (χ0v) is 17.0. The molecule has 0 atom stereocenters. The van der Waals surface area contributed by atoms with Gasteiger partial charge in [0.15, 0.2) is 6.61 Å². The van der Waals surface area contributed by atoms with E-state index in [-0.39, 0.29) is 6.61 Å². The summed E-state index contributed by atoms with van der Waals surface area (Å²) in [6.07, 6.45) is 2.84. The van der Waals surface area contributed by atoms with Crippen LogP contribution in [0.4, 0.5) is 5.69 Å². The van der Waals surface area contributed by atoms with Crippen molar-refractivity contribution in [3.05, 3.63) is 45.6 Å². The second kappa shape index (κ2) is 10.8. The molecule has 1 heterocycles. The quantitative estimate of drug-likeness (QED) is 0.487. The molecule has 2 aromatic rings. The number of thiophene rings is 1. The molecule has 142 valence electrons. The van der Waals surface area contributed by atoms with Gasteiger partial charge >= 0.3 is 5.97 Å². The smallest absolute Gasteiger partial charge is 0.348 e. The van der Waals surface area contributed by atoms with Crippen LogP contribution in [0.1, 0.15) is 40.4 Å². The van der Waals surface area contributed by atoms with E-state index in [9.17, 15) is 9.59 Å². The number of para-hydroxylation sites is 1. The van der Waals surface area contributed by atoms with E-state index in [1.165, 1.54) is 33.5 Å². The van der Waals surface area contributed by atoms with Crippen molar-refractivity contribution in [2.24, 2.45) is 0 Å². The Kier molecular flexibility index (Phi) is 8.37. The van der Waals surface area contributed by atoms with Gasteiger partial charge in [0, 0.05) is 9.77 Å². The van der Waals surface area contributed by atoms with Crippen molar-refractivity contribution < 1.29 is 14.3 Å². The van der Waals surface area contributed by atoms with Gasteiger partial charge in [-0.15, -0.1) is 23.1 Å². The minimum absolute atomic E-state index is 0.292. The van der Waals surface area contributed by atoms with Crippen molar-refractivity contribution in [3.8, 4) is 6.07 Å². The number of nitrogens with zero attached hydrogens (tertiary/aromatic N) is 1. The van der Waals surface area contributed by atoms with E-state index >= 15 is 0 Å². The number of anilines is 1. The topological polar surface area (TPSA) is 79.2 Å². The Morgan fingerprint density at radius 2 is 2.07 bits per heavy atom. The molecule has 0 fully saturated rings. The molecule has 1 amide bonds. The number of aryl methyl sites for hydroxylation is 2. The zero-order valence-electron chi connectivity index (χ0n) is 15.4. The number of amides is 1. The minimum Gasteiger partial charge on any atom is -0.451 e. The van der Waals surface area contributed by atoms with Gasteiger partial charge in [0.1, 0.15) is 4.88 Å². The van der Waals surface area contributed by atoms with Gasteiger partial charge in [0.05, 0.1) is 17.5 Å². The number of esters is 1. The van der Waals surface area contributed by atoms with Crippen LogP contribution in [0, 0.1) is 11.3 Å². The van der Waals surface area contributed by atoms with E-state index < -0.39 is 11.9 Å². The average Bonchev–Trinajstić information content (AvgIpc) is 3.09. The molecule has 1 aromatic carbocycles. The van der Waals surface area contributed by atoms with Crippen LogP contribution in [0.2, 0.25) is 0 Å². The number of hydrogen-bond acceptors (Lipinski definition) is 6. The molecular formula is C20H22N2O3S2. The molecule has 27 heavy (non-hydrogen) atoms. The zero-order chi connectivity index (χ0) is 19.6. The monoisotopic (exact) mass is 402 g/mol. The molecule has 2 rings (SSSR count). The third-order valence-electron chi connectivity index (χ3n) is 3.74. The fourth-order valence-corrected chi connectivity index (χ4v) is 4.42. The molecule has 0 aliphatic carbocycles. The molecule has 1 aromatic heterocycles. The first-order valence-electron chi connectivity index (χ1n) is 8.76. The highest BCUT2D eigenvalue weighted by molar-refractivity contribution is 7.99. The van der Waals surface area contributed by atoms with E-state index in [1.807, 2.05) is 18.2 Å². The second-order valence-electron chi connectivity index (χ2n) is 5.73. The van der Waals surface area contributed by atoms with Crippen LogP contribution >= 0.6 is 23.1 Å². The molecule has 0 saturated heterocycles. The van der Waals surface area contributed by atoms with Crippen molar-refractivity contribution >= 4 is 40.7 Å². The molecule has 0 aliphatic heterocycles. The van der Waals surface area contributed by atoms with Crippen LogP contribution in [0.3, 0.4) is 0 Å². The number of ether oxygens (including phenoxy) is 1. The number of benzene rings is 1. The first-order valence-corrected chi connectivity index (χ1v) is 10.6. The van der Waals surface area contributed by atoms with Crippen molar-refractivity contribution in [1.29, 1.82) is 5.26 Å². The maximum Gasteiger partial charge on any atom is 0.348 e. The third-order valence-corrected chi connectivity index (χ3v) is 5.90. The van der Waals surface area contributed by atoms with Gasteiger partial charge in [-0.3, -0.25) is 4.79 Å². The number of thioether (sulfide) groups is 1. The van der Waals surface area contributed by atoms with Crippen molar-refractivity contribution in [2.45, 2.75) is 38.0 Å². The van der Waals surface area contributed by atoms with Gasteiger partial charge in [0.2, 0.25) is 0 Å². The number of nitrogens with one attached hydrogen (secondary N) is 1. The Morgan fingerprint density at radius 1 is 1.30 bits per heavy atom. The summed E-state index contributed by atoms with van der Waals surface area (Å²) in [7, 11) is 0. The van der Waals surface area contributed by atoms with E-state index in [0.717, 1.165) is 24.2 Å². The highest BCUT2D eigenvalue weighted by Gasteiger charge is 2.16. The summed E-state index contributed by atoms with van der Waals surface area (Å²) in [5.41, 5.74) is 1.77. The summed E-state index contributed by atoms with van der Waals surface area (Å²) >= 11 is 2.78. The normalized spacial score (nSPS) is 10.3. The SMILES string of the molecule is CCCc1sc(C(=O)OCC(=O)Nc2ccccc2SCC#N)cc1CC. The van der Waals surface area contributed by atoms with Gasteiger partial charge in [0.25, 0.3) is 5.91 Å². The highest BCUT2D eigenvalue weighted by atomic mass is 32.2. The second-order valence-corrected chi connectivity index (χ2v) is 7.88. The van der Waals surface area contributed by atoms with E-state index in [0.29, 0.717) is 16.3 Å². The van der Waals surface area contributed by atoms with Gasteiger partial charge in [-0.2, -0.15) is 5.26 Å². The van der Waals surface area contributed by atoms with Gasteiger partial charge in [-0.1, -0.05) is 32.4 Å². The summed E-state index contributed by atoms with van der Waals surface area (Å²) in [6, 6.07) is 11.1. The fourth-order valence-electron chi connectivity index (χ4n) is 2.50. The van der Waals surface area contributed by atoms with Crippen molar-refractivity contribution in [3.63, 3.8) is 0 Å². The lowest BCUT2D eigenvalue weighted by Crippen LogP contribution is -2.21. The summed E-state index contributed by atoms with van der Waals surface area (Å²) in [4.78, 5) is 27.0. The highest BCUT2D eigenvalue weighted by Crippen LogP contribution is 2.27. The number of hydrogen-bond donors (Lipinski definition) is 1. The Labute approximate surface area is 167 Å². The largest absolute Gasteiger partial charge is 0.451 e. The fraction of sp³-hybridized carbons (Fsp3) is 0.350. The number of carbonyl (C=O) groups excluding carboxylic acids is 2. The lowest BCUT2D eigenvalue weighted by atomic mass is 10.1. The molecular weight excluding hydrogens is 380 g/mol. The number of carbonyl (C=O) groups is 2. The molecule has 0 bridgehead atoms. The summed E-state index contributed by atoms with van der Waals surface area (Å²) in [5.74, 6) is -0.589. The first-order chi connectivity index (χ1) is 13.1. The van der Waals surface area contributed by atoms with Gasteiger partial charge in [-0.25, -0.2) is 4.79 Å². The van der Waals surface area contributed by atoms with Crippen molar-refractivity contribution in [2.75, 3.05) is 17.7 Å². The number of nitriles is 1. The molecule has 5 nitrogen and oxygen atoms in total. The summed E-state index contributed by atoms with van der Waals surface area (Å²) in [5, 5.41) is 11.4. The Morgan fingerprint density at radius 3 is 2.78 bits per heavy atom. The molecule has 0 aliphatic rings. The standard InChI is InChI=1S/C20H22N2O3S2/c1-3-7-16-14(4-2)12-18(27-16)20(24)25-13-19(23)22-15-8-5-6-9-17(15)26-11-10-21/h5-6,8-9,12H,3-4,7,11,13H2,1-2H3,(H,22,23). The van der Waals surface area contributed by atoms with E-state index in [2.05, 4.69) is 25.2 Å². The van der Waals surface area contributed by atoms with Crippen LogP contribution in [0.25, 0.3) is 0 Å². The van der Waals surface area contributed by atoms with Crippen LogP contribution in [-0.4, -0.2) is 24.2 Å². The van der Waals surface area contributed by atoms with E-state index in [1.54, 1.807) is 12.1 Å².